The van der Waals surface area contributed by atoms with Crippen molar-refractivity contribution in [2.45, 2.75) is 6.92 Å². The van der Waals surface area contributed by atoms with Crippen LogP contribution >= 0.6 is 11.6 Å². The molecule has 0 radical (unpaired) electrons. The molecule has 0 aromatic rings. The molecule has 56 valence electrons. The van der Waals surface area contributed by atoms with E-state index in [-0.39, 0.29) is 11.6 Å². The maximum atomic E-state index is 10.6. The fourth-order valence-electron chi connectivity index (χ4n) is 0.651. The summed E-state index contributed by atoms with van der Waals surface area (Å²) in [7, 11) is 0. The zero-order valence-electron chi connectivity index (χ0n) is 5.52. The van der Waals surface area contributed by atoms with Gasteiger partial charge in [-0.1, -0.05) is 11.6 Å². The van der Waals surface area contributed by atoms with Crippen LogP contribution in [0.2, 0.25) is 0 Å². The van der Waals surface area contributed by atoms with Crippen LogP contribution in [-0.4, -0.2) is 19.2 Å². The van der Waals surface area contributed by atoms with Crippen LogP contribution in [0.1, 0.15) is 6.92 Å². The lowest BCUT2D eigenvalue weighted by Crippen LogP contribution is -1.94. The normalized spacial score (nSPS) is 17.6. The molecule has 0 aliphatic carbocycles. The summed E-state index contributed by atoms with van der Waals surface area (Å²) in [5.74, 6) is -0.0562. The molecule has 0 saturated heterocycles. The lowest BCUT2D eigenvalue weighted by atomic mass is 10.5. The largest absolute Gasteiger partial charge is 0.493 e. The van der Waals surface area contributed by atoms with Crippen molar-refractivity contribution in [2.75, 3.05) is 13.2 Å². The zero-order valence-corrected chi connectivity index (χ0v) is 6.27. The van der Waals surface area contributed by atoms with Crippen molar-refractivity contribution in [1.29, 1.82) is 0 Å². The summed E-state index contributed by atoms with van der Waals surface area (Å²) in [6, 6.07) is 0. The number of cyclic esters (lactones) is 1. The van der Waals surface area contributed by atoms with E-state index in [1.54, 1.807) is 0 Å². The van der Waals surface area contributed by atoms with Gasteiger partial charge in [0.2, 0.25) is 0 Å². The Bertz CT molecular complexity index is 185. The highest BCUT2D eigenvalue weighted by atomic mass is 35.5. The Hall–Kier alpha value is -0.700. The first kappa shape index (κ1) is 7.41. The highest BCUT2D eigenvalue weighted by Crippen LogP contribution is 2.19. The Labute approximate surface area is 63.6 Å². The van der Waals surface area contributed by atoms with Gasteiger partial charge in [-0.3, -0.25) is 0 Å². The molecule has 0 amide bonds. The molecule has 0 fully saturated rings. The number of rotatable bonds is 2. The minimum absolute atomic E-state index is 0.0712. The molecule has 0 saturated carbocycles. The molecule has 3 nitrogen and oxygen atoms in total. The van der Waals surface area contributed by atoms with Crippen LogP contribution in [0, 0.1) is 0 Å². The second-order valence-electron chi connectivity index (χ2n) is 1.75. The topological polar surface area (TPSA) is 35.5 Å². The van der Waals surface area contributed by atoms with E-state index in [9.17, 15) is 4.79 Å². The molecule has 1 rings (SSSR count). The van der Waals surface area contributed by atoms with Gasteiger partial charge in [0, 0.05) is 0 Å². The number of hydrogen-bond acceptors (Lipinski definition) is 3. The maximum Gasteiger partial charge on any atom is 0.353 e. The van der Waals surface area contributed by atoms with Crippen molar-refractivity contribution in [1.82, 2.24) is 0 Å². The average Bonchev–Trinajstić information content (AvgIpc) is 2.20. The van der Waals surface area contributed by atoms with Crippen LogP contribution in [-0.2, 0) is 14.3 Å². The first-order chi connectivity index (χ1) is 4.75. The molecule has 1 aliphatic rings. The fourth-order valence-corrected chi connectivity index (χ4v) is 0.815. The molecule has 0 unspecified atom stereocenters. The number of ether oxygens (including phenoxy) is 2. The van der Waals surface area contributed by atoms with Crippen molar-refractivity contribution in [3.8, 4) is 0 Å². The summed E-state index contributed by atoms with van der Waals surface area (Å²) in [6.07, 6.45) is 0. The van der Waals surface area contributed by atoms with Gasteiger partial charge >= 0.3 is 5.97 Å². The number of halogens is 1. The summed E-state index contributed by atoms with van der Waals surface area (Å²) >= 11 is 5.49. The Morgan fingerprint density at radius 3 is 2.90 bits per heavy atom. The number of hydrogen-bond donors (Lipinski definition) is 0. The molecular weight excluding hydrogens is 156 g/mol. The van der Waals surface area contributed by atoms with Gasteiger partial charge in [-0.15, -0.1) is 0 Å². The molecule has 0 aromatic heterocycles. The minimum Gasteiger partial charge on any atom is -0.493 e. The van der Waals surface area contributed by atoms with E-state index in [4.69, 9.17) is 16.3 Å². The highest BCUT2D eigenvalue weighted by molar-refractivity contribution is 6.42. The van der Waals surface area contributed by atoms with Crippen molar-refractivity contribution in [2.24, 2.45) is 0 Å². The molecular formula is C6H7ClO3. The molecule has 4 heteroatoms. The van der Waals surface area contributed by atoms with E-state index in [2.05, 4.69) is 4.74 Å². The third kappa shape index (κ3) is 1.24. The van der Waals surface area contributed by atoms with E-state index in [0.717, 1.165) is 0 Å². The average molecular weight is 163 g/mol. The third-order valence-electron chi connectivity index (χ3n) is 1.08. The predicted molar refractivity (Wildman–Crippen MR) is 35.5 cm³/mol. The zero-order chi connectivity index (χ0) is 7.56. The molecule has 0 aromatic carbocycles. The van der Waals surface area contributed by atoms with Gasteiger partial charge in [0.05, 0.1) is 6.61 Å². The summed E-state index contributed by atoms with van der Waals surface area (Å²) in [5.41, 5.74) is 0. The van der Waals surface area contributed by atoms with Gasteiger partial charge in [-0.25, -0.2) is 4.79 Å². The predicted octanol–water partition coefficient (Wildman–Crippen LogP) is 1.03. The van der Waals surface area contributed by atoms with Crippen LogP contribution in [0.4, 0.5) is 0 Å². The molecule has 0 N–H and O–H groups in total. The molecule has 0 bridgehead atoms. The molecule has 0 spiro atoms. The van der Waals surface area contributed by atoms with Crippen LogP contribution in [0.25, 0.3) is 0 Å². The van der Waals surface area contributed by atoms with E-state index < -0.39 is 5.97 Å². The van der Waals surface area contributed by atoms with E-state index in [0.29, 0.717) is 12.4 Å². The van der Waals surface area contributed by atoms with Gasteiger partial charge < -0.3 is 9.47 Å². The van der Waals surface area contributed by atoms with Crippen molar-refractivity contribution in [3.63, 3.8) is 0 Å². The van der Waals surface area contributed by atoms with Gasteiger partial charge in [0.1, 0.15) is 0 Å². The lowest BCUT2D eigenvalue weighted by Gasteiger charge is -1.99. The van der Waals surface area contributed by atoms with E-state index in [1.807, 2.05) is 6.92 Å². The van der Waals surface area contributed by atoms with Crippen LogP contribution in [0.15, 0.2) is 10.8 Å². The Kier molecular flexibility index (Phi) is 2.17. The second-order valence-corrected chi connectivity index (χ2v) is 2.12. The van der Waals surface area contributed by atoms with E-state index >= 15 is 0 Å². The van der Waals surface area contributed by atoms with Crippen LogP contribution in [0.5, 0.6) is 0 Å². The fraction of sp³-hybridized carbons (Fsp3) is 0.500. The first-order valence-corrected chi connectivity index (χ1v) is 3.32. The van der Waals surface area contributed by atoms with Crippen molar-refractivity contribution in [3.05, 3.63) is 10.8 Å². The van der Waals surface area contributed by atoms with Gasteiger partial charge in [-0.2, -0.15) is 0 Å². The summed E-state index contributed by atoms with van der Waals surface area (Å²) < 4.78 is 9.55. The Morgan fingerprint density at radius 2 is 2.50 bits per heavy atom. The third-order valence-corrected chi connectivity index (χ3v) is 1.44. The maximum absolute atomic E-state index is 10.6. The van der Waals surface area contributed by atoms with Crippen molar-refractivity contribution >= 4 is 17.6 Å². The number of carbonyl (C=O) groups is 1. The molecule has 10 heavy (non-hydrogen) atoms. The number of carbonyl (C=O) groups excluding carboxylic acids is 1. The monoisotopic (exact) mass is 162 g/mol. The van der Waals surface area contributed by atoms with Gasteiger partial charge in [-0.05, 0) is 6.92 Å². The van der Waals surface area contributed by atoms with E-state index in [1.165, 1.54) is 0 Å². The number of esters is 1. The van der Waals surface area contributed by atoms with Gasteiger partial charge in [0.25, 0.3) is 0 Å². The summed E-state index contributed by atoms with van der Waals surface area (Å²) in [5, 5.41) is 0.0712. The molecule has 0 atom stereocenters. The minimum atomic E-state index is -0.495. The lowest BCUT2D eigenvalue weighted by molar-refractivity contribution is -0.135. The quantitative estimate of drug-likeness (QED) is 0.569. The highest BCUT2D eigenvalue weighted by Gasteiger charge is 2.23. The summed E-state index contributed by atoms with van der Waals surface area (Å²) in [4.78, 5) is 10.6. The smallest absolute Gasteiger partial charge is 0.353 e. The molecule has 1 heterocycles. The Morgan fingerprint density at radius 1 is 1.80 bits per heavy atom. The second kappa shape index (κ2) is 2.92. The molecule has 1 aliphatic heterocycles. The standard InChI is InChI=1S/C6H7ClO3/c1-2-9-4-3-10-6(8)5(4)7/h2-3H2,1H3. The van der Waals surface area contributed by atoms with Gasteiger partial charge in [0.15, 0.2) is 17.4 Å². The van der Waals surface area contributed by atoms with Crippen LogP contribution in [0.3, 0.4) is 0 Å². The van der Waals surface area contributed by atoms with Crippen molar-refractivity contribution < 1.29 is 14.3 Å². The Balaban J connectivity index is 2.65. The first-order valence-electron chi connectivity index (χ1n) is 2.94. The SMILES string of the molecule is CCOC1=C(Cl)C(=O)OC1. The van der Waals surface area contributed by atoms with Crippen LogP contribution < -0.4 is 0 Å². The summed E-state index contributed by atoms with van der Waals surface area (Å²) in [6.45, 7) is 2.49.